The summed E-state index contributed by atoms with van der Waals surface area (Å²) in [6.45, 7) is 9.81. The first-order valence-electron chi connectivity index (χ1n) is 11.8. The molecule has 0 spiro atoms. The van der Waals surface area contributed by atoms with Crippen molar-refractivity contribution in [2.75, 3.05) is 22.9 Å². The summed E-state index contributed by atoms with van der Waals surface area (Å²) in [5.41, 5.74) is 4.93. The lowest BCUT2D eigenvalue weighted by Gasteiger charge is -2.27. The first-order valence-corrected chi connectivity index (χ1v) is 12.5. The quantitative estimate of drug-likeness (QED) is 0.222. The van der Waals surface area contributed by atoms with Gasteiger partial charge in [-0.1, -0.05) is 46.3 Å². The summed E-state index contributed by atoms with van der Waals surface area (Å²) >= 11 is 3.48. The van der Waals surface area contributed by atoms with Crippen LogP contribution in [0, 0.1) is 13.8 Å². The Morgan fingerprint density at radius 2 is 1.66 bits per heavy atom. The average molecular weight is 533 g/mol. The van der Waals surface area contributed by atoms with Crippen LogP contribution in [0.1, 0.15) is 42.1 Å². The fraction of sp³-hybridized carbons (Fsp3) is 0.241. The van der Waals surface area contributed by atoms with Gasteiger partial charge in [0.15, 0.2) is 0 Å². The molecule has 0 bridgehead atoms. The van der Waals surface area contributed by atoms with Gasteiger partial charge in [-0.15, -0.1) is 0 Å². The molecule has 6 heteroatoms. The number of benzene rings is 3. The Hall–Kier alpha value is -3.38. The largest absolute Gasteiger partial charge is 0.507 e. The van der Waals surface area contributed by atoms with Gasteiger partial charge in [-0.05, 0) is 80.8 Å². The van der Waals surface area contributed by atoms with Gasteiger partial charge in [-0.2, -0.15) is 0 Å². The Balaban J connectivity index is 1.91. The van der Waals surface area contributed by atoms with E-state index in [1.165, 1.54) is 4.90 Å². The molecule has 0 aromatic heterocycles. The number of carbonyl (C=O) groups is 2. The molecule has 1 saturated heterocycles. The van der Waals surface area contributed by atoms with Gasteiger partial charge in [0, 0.05) is 34.5 Å². The van der Waals surface area contributed by atoms with Crippen LogP contribution in [0.25, 0.3) is 5.76 Å². The van der Waals surface area contributed by atoms with Crippen LogP contribution in [-0.2, 0) is 9.59 Å². The van der Waals surface area contributed by atoms with Crippen LogP contribution in [0.15, 0.2) is 76.8 Å². The number of nitrogens with zero attached hydrogens (tertiary/aromatic N) is 2. The van der Waals surface area contributed by atoms with Gasteiger partial charge in [0.25, 0.3) is 11.7 Å². The van der Waals surface area contributed by atoms with Crippen LogP contribution in [-0.4, -0.2) is 29.9 Å². The third kappa shape index (κ3) is 4.63. The molecule has 1 aliphatic heterocycles. The normalized spacial score (nSPS) is 17.2. The third-order valence-electron chi connectivity index (χ3n) is 6.49. The highest BCUT2D eigenvalue weighted by molar-refractivity contribution is 9.10. The van der Waals surface area contributed by atoms with E-state index in [1.807, 2.05) is 68.4 Å². The van der Waals surface area contributed by atoms with Gasteiger partial charge < -0.3 is 10.0 Å². The number of amides is 1. The van der Waals surface area contributed by atoms with E-state index in [2.05, 4.69) is 34.7 Å². The standard InChI is InChI=1S/C29H29BrN2O3/c1-5-31(6-2)22-13-10-20(11-14-22)26-25(27(33)21-12-15-24(30)19(4)17-21)28(34)29(35)32(26)23-9-7-8-18(3)16-23/h7-17,26,33H,5-6H2,1-4H3/b27-25-. The number of hydrogen-bond donors (Lipinski definition) is 1. The van der Waals surface area contributed by atoms with Crippen molar-refractivity contribution in [3.63, 3.8) is 0 Å². The summed E-state index contributed by atoms with van der Waals surface area (Å²) in [6, 6.07) is 20.0. The summed E-state index contributed by atoms with van der Waals surface area (Å²) in [7, 11) is 0. The number of halogens is 1. The Kier molecular flexibility index (Phi) is 7.13. The molecule has 3 aromatic carbocycles. The molecule has 1 amide bonds. The van der Waals surface area contributed by atoms with E-state index in [1.54, 1.807) is 12.1 Å². The summed E-state index contributed by atoms with van der Waals surface area (Å²) in [4.78, 5) is 30.4. The van der Waals surface area contributed by atoms with E-state index < -0.39 is 17.7 Å². The lowest BCUT2D eigenvalue weighted by molar-refractivity contribution is -0.132. The fourth-order valence-corrected chi connectivity index (χ4v) is 4.84. The van der Waals surface area contributed by atoms with Gasteiger partial charge in [0.2, 0.25) is 0 Å². The number of ketones is 1. The van der Waals surface area contributed by atoms with Gasteiger partial charge >= 0.3 is 0 Å². The Bertz CT molecular complexity index is 1310. The van der Waals surface area contributed by atoms with E-state index in [0.717, 1.165) is 39.9 Å². The predicted molar refractivity (Wildman–Crippen MR) is 145 cm³/mol. The maximum absolute atomic E-state index is 13.4. The molecular weight excluding hydrogens is 504 g/mol. The smallest absolute Gasteiger partial charge is 0.300 e. The second kappa shape index (κ2) is 10.1. The van der Waals surface area contributed by atoms with Crippen molar-refractivity contribution in [3.8, 4) is 0 Å². The lowest BCUT2D eigenvalue weighted by Crippen LogP contribution is -2.29. The van der Waals surface area contributed by atoms with Crippen molar-refractivity contribution >= 4 is 44.8 Å². The summed E-state index contributed by atoms with van der Waals surface area (Å²) < 4.78 is 0.901. The molecule has 1 fully saturated rings. The maximum atomic E-state index is 13.4. The molecule has 1 atom stereocenters. The van der Waals surface area contributed by atoms with E-state index in [-0.39, 0.29) is 11.3 Å². The first kappa shape index (κ1) is 24.7. The minimum Gasteiger partial charge on any atom is -0.507 e. The van der Waals surface area contributed by atoms with Gasteiger partial charge in [-0.25, -0.2) is 0 Å². The van der Waals surface area contributed by atoms with Crippen LogP contribution < -0.4 is 9.80 Å². The number of aliphatic hydroxyl groups is 1. The molecule has 0 aliphatic carbocycles. The van der Waals surface area contributed by atoms with Crippen LogP contribution in [0.3, 0.4) is 0 Å². The van der Waals surface area contributed by atoms with E-state index in [9.17, 15) is 14.7 Å². The number of anilines is 2. The Morgan fingerprint density at radius 3 is 2.26 bits per heavy atom. The molecule has 1 aliphatic rings. The van der Waals surface area contributed by atoms with Crippen molar-refractivity contribution < 1.29 is 14.7 Å². The predicted octanol–water partition coefficient (Wildman–Crippen LogP) is 6.54. The molecule has 180 valence electrons. The van der Waals surface area contributed by atoms with E-state index in [0.29, 0.717) is 11.3 Å². The molecule has 4 rings (SSSR count). The molecule has 35 heavy (non-hydrogen) atoms. The highest BCUT2D eigenvalue weighted by Crippen LogP contribution is 2.43. The van der Waals surface area contributed by atoms with Gasteiger partial charge in [0.1, 0.15) is 5.76 Å². The third-order valence-corrected chi connectivity index (χ3v) is 7.38. The summed E-state index contributed by atoms with van der Waals surface area (Å²) in [5, 5.41) is 11.4. The minimum absolute atomic E-state index is 0.0915. The van der Waals surface area contributed by atoms with Crippen LogP contribution in [0.2, 0.25) is 0 Å². The maximum Gasteiger partial charge on any atom is 0.300 e. The highest BCUT2D eigenvalue weighted by Gasteiger charge is 2.47. The zero-order valence-corrected chi connectivity index (χ0v) is 22.0. The van der Waals surface area contributed by atoms with Crippen molar-refractivity contribution in [2.45, 2.75) is 33.7 Å². The van der Waals surface area contributed by atoms with Gasteiger partial charge in [0.05, 0.1) is 11.6 Å². The molecular formula is C29H29BrN2O3. The zero-order valence-electron chi connectivity index (χ0n) is 20.4. The fourth-order valence-electron chi connectivity index (χ4n) is 4.60. The number of carbonyl (C=O) groups excluding carboxylic acids is 2. The molecule has 0 saturated carbocycles. The van der Waals surface area contributed by atoms with Crippen LogP contribution in [0.4, 0.5) is 11.4 Å². The van der Waals surface area contributed by atoms with Gasteiger partial charge in [-0.3, -0.25) is 14.5 Å². The molecule has 0 radical (unpaired) electrons. The Labute approximate surface area is 214 Å². The number of hydrogen-bond acceptors (Lipinski definition) is 4. The second-order valence-corrected chi connectivity index (χ2v) is 9.59. The topological polar surface area (TPSA) is 60.9 Å². The van der Waals surface area contributed by atoms with Crippen LogP contribution in [0.5, 0.6) is 0 Å². The van der Waals surface area contributed by atoms with E-state index >= 15 is 0 Å². The van der Waals surface area contributed by atoms with Crippen molar-refractivity contribution in [1.82, 2.24) is 0 Å². The molecule has 5 nitrogen and oxygen atoms in total. The molecule has 1 N–H and O–H groups in total. The summed E-state index contributed by atoms with van der Waals surface area (Å²) in [5.74, 6) is -1.52. The second-order valence-electron chi connectivity index (χ2n) is 8.74. The number of rotatable bonds is 6. The molecule has 3 aromatic rings. The summed E-state index contributed by atoms with van der Waals surface area (Å²) in [6.07, 6.45) is 0. The SMILES string of the molecule is CCN(CC)c1ccc(C2/C(=C(/O)c3ccc(Br)c(C)c3)C(=O)C(=O)N2c2cccc(C)c2)cc1. The number of aliphatic hydroxyl groups excluding tert-OH is 1. The van der Waals surface area contributed by atoms with Crippen molar-refractivity contribution in [1.29, 1.82) is 0 Å². The van der Waals surface area contributed by atoms with E-state index in [4.69, 9.17) is 0 Å². The van der Waals surface area contributed by atoms with Crippen molar-refractivity contribution in [2.24, 2.45) is 0 Å². The Morgan fingerprint density at radius 1 is 0.971 bits per heavy atom. The zero-order chi connectivity index (χ0) is 25.3. The van der Waals surface area contributed by atoms with Crippen molar-refractivity contribution in [3.05, 3.63) is 99.0 Å². The minimum atomic E-state index is -0.744. The molecule has 1 heterocycles. The average Bonchev–Trinajstić information content (AvgIpc) is 3.12. The molecule has 1 unspecified atom stereocenters. The number of Topliss-reactive ketones (excluding diaryl/α,β-unsaturated/α-hetero) is 1. The van der Waals surface area contributed by atoms with Crippen LogP contribution >= 0.6 is 15.9 Å². The first-order chi connectivity index (χ1) is 16.8. The monoisotopic (exact) mass is 532 g/mol. The number of aryl methyl sites for hydroxylation is 2. The lowest BCUT2D eigenvalue weighted by atomic mass is 9.94. The highest BCUT2D eigenvalue weighted by atomic mass is 79.9.